The van der Waals surface area contributed by atoms with Crippen LogP contribution in [0.4, 0.5) is 0 Å². The van der Waals surface area contributed by atoms with Gasteiger partial charge in [-0.15, -0.1) is 46.4 Å². The lowest BCUT2D eigenvalue weighted by molar-refractivity contribution is 1.52. The molecule has 0 fully saturated rings. The Labute approximate surface area is 186 Å². The Balaban J connectivity index is 2.57. The molecule has 0 saturated heterocycles. The Bertz CT molecular complexity index is 842. The summed E-state index contributed by atoms with van der Waals surface area (Å²) in [4.78, 5) is 0. The van der Waals surface area contributed by atoms with E-state index in [-0.39, 0.29) is 0 Å². The molecule has 0 amide bonds. The Morgan fingerprint density at radius 3 is 1.11 bits per heavy atom. The van der Waals surface area contributed by atoms with Gasteiger partial charge < -0.3 is 0 Å². The van der Waals surface area contributed by atoms with Gasteiger partial charge in [0, 0.05) is 9.47 Å². The molecule has 0 spiro atoms. The van der Waals surface area contributed by atoms with E-state index < -0.39 is 22.5 Å². The highest BCUT2D eigenvalue weighted by Gasteiger charge is 2.65. The van der Waals surface area contributed by atoms with E-state index in [0.717, 1.165) is 15.9 Å². The molecule has 0 bridgehead atoms. The molecule has 3 aromatic rings. The van der Waals surface area contributed by atoms with Crippen molar-refractivity contribution in [2.75, 3.05) is 0 Å². The summed E-state index contributed by atoms with van der Waals surface area (Å²) in [6.07, 6.45) is 0. The van der Waals surface area contributed by atoms with E-state index in [1.54, 1.807) is 0 Å². The first-order valence-electron chi connectivity index (χ1n) is 8.71. The molecule has 0 saturated carbocycles. The van der Waals surface area contributed by atoms with Crippen molar-refractivity contribution in [2.24, 2.45) is 0 Å². The summed E-state index contributed by atoms with van der Waals surface area (Å²) < 4.78 is -2.11. The lowest BCUT2D eigenvalue weighted by Crippen LogP contribution is -2.59. The van der Waals surface area contributed by atoms with Crippen LogP contribution >= 0.6 is 53.5 Å². The summed E-state index contributed by atoms with van der Waals surface area (Å²) >= 11 is 26.2. The highest BCUT2D eigenvalue weighted by atomic mass is 35.5. The Kier molecular flexibility index (Phi) is 6.98. The first-order valence-corrected chi connectivity index (χ1v) is 12.3. The van der Waals surface area contributed by atoms with Crippen LogP contribution in [0.5, 0.6) is 0 Å². The van der Waals surface area contributed by atoms with Gasteiger partial charge >= 0.3 is 5.87 Å². The summed E-state index contributed by atoms with van der Waals surface area (Å²) in [6.45, 7) is 0. The van der Waals surface area contributed by atoms with Gasteiger partial charge in [-0.05, 0) is 43.5 Å². The van der Waals surface area contributed by atoms with Crippen LogP contribution in [-0.4, -0.2) is 15.3 Å². The minimum Gasteiger partial charge on any atom is -0.245 e. The minimum absolute atomic E-state index is 0.964. The second-order valence-corrected chi connectivity index (χ2v) is 12.7. The molecule has 142 valence electrons. The summed E-state index contributed by atoms with van der Waals surface area (Å²) in [5.74, 6) is 0.0831. The van der Waals surface area contributed by atoms with E-state index in [9.17, 15) is 5.26 Å². The van der Waals surface area contributed by atoms with Crippen molar-refractivity contribution in [2.45, 2.75) is 9.47 Å². The standard InChI is InChI=1S/C21H17BCl4NP/c23-20(24)22(16-27,21(25)26)28(17-10-4-1-5-11-17,18-12-6-2-7-13-18)19-14-8-3-9-15-19/h1-15,20-21H. The van der Waals surface area contributed by atoms with Crippen molar-refractivity contribution >= 4 is 75.3 Å². The van der Waals surface area contributed by atoms with E-state index in [1.807, 2.05) is 91.0 Å². The molecule has 3 rings (SSSR count). The quantitative estimate of drug-likeness (QED) is 0.261. The molecule has 0 aliphatic rings. The molecular weight excluding hydrogens is 450 g/mol. The smallest absolute Gasteiger partial charge is 0.245 e. The van der Waals surface area contributed by atoms with Gasteiger partial charge in [-0.1, -0.05) is 60.6 Å². The molecule has 0 aliphatic heterocycles. The third-order valence-corrected chi connectivity index (χ3v) is 12.7. The maximum Gasteiger partial charge on any atom is 0.337 e. The maximum absolute atomic E-state index is 10.5. The van der Waals surface area contributed by atoms with Crippen LogP contribution < -0.4 is 15.9 Å². The normalized spacial score (nSPS) is 12.2. The second kappa shape index (κ2) is 9.08. The number of rotatable bonds is 6. The predicted octanol–water partition coefficient (Wildman–Crippen LogP) is 5.67. The highest BCUT2D eigenvalue weighted by molar-refractivity contribution is 8.24. The third-order valence-electron chi connectivity index (χ3n) is 5.11. The molecule has 0 radical (unpaired) electrons. The average Bonchev–Trinajstić information content (AvgIpc) is 2.73. The first-order chi connectivity index (χ1) is 13.5. The number of nitriles is 1. The van der Waals surface area contributed by atoms with Gasteiger partial charge in [0.05, 0.1) is 15.9 Å². The third kappa shape index (κ3) is 3.35. The molecule has 0 atom stereocenters. The van der Waals surface area contributed by atoms with Crippen LogP contribution in [0.2, 0.25) is 0 Å². The van der Waals surface area contributed by atoms with Gasteiger partial charge in [-0.2, -0.15) is 0 Å². The number of benzene rings is 3. The number of hydrogen-bond acceptors (Lipinski definition) is 1. The number of alkyl halides is 4. The largest absolute Gasteiger partial charge is 0.337 e. The van der Waals surface area contributed by atoms with Crippen LogP contribution in [0.15, 0.2) is 91.0 Å². The molecule has 1 nitrogen and oxygen atoms in total. The van der Waals surface area contributed by atoms with Crippen LogP contribution in [0.25, 0.3) is 0 Å². The Morgan fingerprint density at radius 2 is 0.893 bits per heavy atom. The summed E-state index contributed by atoms with van der Waals surface area (Å²) in [7, 11) is -2.73. The lowest BCUT2D eigenvalue weighted by atomic mass is 9.52. The van der Waals surface area contributed by atoms with Gasteiger partial charge in [-0.3, -0.25) is 0 Å². The van der Waals surface area contributed by atoms with E-state index in [1.165, 1.54) is 0 Å². The zero-order valence-electron chi connectivity index (χ0n) is 14.8. The maximum atomic E-state index is 10.5. The second-order valence-electron chi connectivity index (χ2n) is 6.48. The number of nitrogens with zero attached hydrogens (tertiary/aromatic N) is 1. The first kappa shape index (κ1) is 21.5. The summed E-state index contributed by atoms with van der Waals surface area (Å²) in [6, 6.07) is 29.5. The van der Waals surface area contributed by atoms with Crippen molar-refractivity contribution in [1.29, 1.82) is 5.26 Å². The van der Waals surface area contributed by atoms with Gasteiger partial charge in [0.25, 0.3) is 0 Å². The van der Waals surface area contributed by atoms with Crippen LogP contribution in [0.1, 0.15) is 0 Å². The molecule has 0 N–H and O–H groups in total. The van der Waals surface area contributed by atoms with Crippen molar-refractivity contribution in [3.63, 3.8) is 0 Å². The van der Waals surface area contributed by atoms with Crippen molar-refractivity contribution in [3.8, 4) is 5.97 Å². The van der Waals surface area contributed by atoms with Crippen LogP contribution in [0.3, 0.4) is 0 Å². The fourth-order valence-electron chi connectivity index (χ4n) is 3.82. The van der Waals surface area contributed by atoms with Gasteiger partial charge in [0.15, 0.2) is 0 Å². The highest BCUT2D eigenvalue weighted by Crippen LogP contribution is 2.67. The van der Waals surface area contributed by atoms with E-state index in [0.29, 0.717) is 0 Å². The van der Waals surface area contributed by atoms with Crippen LogP contribution in [0, 0.1) is 11.2 Å². The van der Waals surface area contributed by atoms with Gasteiger partial charge in [-0.25, -0.2) is 5.26 Å². The lowest BCUT2D eigenvalue weighted by Gasteiger charge is -2.47. The molecule has 0 heterocycles. The fraction of sp³-hybridized carbons (Fsp3) is 0.0952. The molecule has 7 heteroatoms. The molecule has 0 aliphatic carbocycles. The van der Waals surface area contributed by atoms with Crippen LogP contribution in [-0.2, 0) is 0 Å². The summed E-state index contributed by atoms with van der Waals surface area (Å²) in [5, 5.41) is 13.4. The van der Waals surface area contributed by atoms with Crippen molar-refractivity contribution in [1.82, 2.24) is 0 Å². The van der Waals surface area contributed by atoms with E-state index in [4.69, 9.17) is 46.4 Å². The molecule has 0 unspecified atom stereocenters. The fourth-order valence-corrected chi connectivity index (χ4v) is 12.1. The predicted molar refractivity (Wildman–Crippen MR) is 128 cm³/mol. The molecular formula is C21H17BCl4NP. The zero-order chi connectivity index (χ0) is 20.2. The topological polar surface area (TPSA) is 23.8 Å². The molecule has 0 aromatic heterocycles. The minimum atomic E-state index is -2.73. The van der Waals surface area contributed by atoms with Crippen molar-refractivity contribution < 1.29 is 0 Å². The number of halogens is 4. The zero-order valence-corrected chi connectivity index (χ0v) is 18.7. The number of hydrogen-bond donors (Lipinski definition) is 0. The molecule has 3 aromatic carbocycles. The average molecular weight is 467 g/mol. The van der Waals surface area contributed by atoms with Gasteiger partial charge in [0.2, 0.25) is 0 Å². The SMILES string of the molecule is N#C[B-](C(Cl)Cl)(C(Cl)Cl)[P+](c1ccccc1)(c1ccccc1)c1ccccc1. The summed E-state index contributed by atoms with van der Waals surface area (Å²) in [5.41, 5.74) is 0. The van der Waals surface area contributed by atoms with Crippen molar-refractivity contribution in [3.05, 3.63) is 91.0 Å². The van der Waals surface area contributed by atoms with Gasteiger partial charge in [0.1, 0.15) is 0 Å². The van der Waals surface area contributed by atoms with E-state index in [2.05, 4.69) is 5.97 Å². The van der Waals surface area contributed by atoms with E-state index >= 15 is 0 Å². The monoisotopic (exact) mass is 465 g/mol. The Hall–Kier alpha value is -1.20. The molecule has 28 heavy (non-hydrogen) atoms. The Morgan fingerprint density at radius 1 is 0.607 bits per heavy atom.